The van der Waals surface area contributed by atoms with Crippen molar-refractivity contribution >= 4 is 16.9 Å². The SMILES string of the molecule is C=C/C=C(\C=C)c1nc(-c2ccccc2)nc(-c2ccc3c(c2)C2(c4ccccc4-c4ccccc42)c2c(-c4ccccc4)sc(-c4ccccc4)c2-3)n1. The molecular weight excluding hydrogens is 675 g/mol. The van der Waals surface area contributed by atoms with Crippen LogP contribution in [0.4, 0.5) is 0 Å². The number of hydrogen-bond acceptors (Lipinski definition) is 4. The number of aromatic nitrogens is 3. The molecule has 0 saturated carbocycles. The van der Waals surface area contributed by atoms with E-state index in [9.17, 15) is 0 Å². The normalized spacial score (nSPS) is 13.2. The highest BCUT2D eigenvalue weighted by Gasteiger charge is 2.54. The molecule has 0 atom stereocenters. The van der Waals surface area contributed by atoms with Crippen molar-refractivity contribution in [2.45, 2.75) is 5.41 Å². The van der Waals surface area contributed by atoms with E-state index < -0.39 is 5.41 Å². The van der Waals surface area contributed by atoms with Gasteiger partial charge in [-0.3, -0.25) is 0 Å². The van der Waals surface area contributed by atoms with E-state index in [0.29, 0.717) is 17.5 Å². The van der Waals surface area contributed by atoms with Crippen molar-refractivity contribution in [3.63, 3.8) is 0 Å². The zero-order valence-corrected chi connectivity index (χ0v) is 30.2. The van der Waals surface area contributed by atoms with Crippen molar-refractivity contribution in [3.05, 3.63) is 217 Å². The molecule has 54 heavy (non-hydrogen) atoms. The molecule has 0 unspecified atom stereocenters. The first kappa shape index (κ1) is 31.9. The van der Waals surface area contributed by atoms with Crippen LogP contribution >= 0.6 is 11.3 Å². The van der Waals surface area contributed by atoms with E-state index in [1.165, 1.54) is 65.4 Å². The average molecular weight is 708 g/mol. The highest BCUT2D eigenvalue weighted by Crippen LogP contribution is 2.68. The highest BCUT2D eigenvalue weighted by molar-refractivity contribution is 7.19. The second-order valence-corrected chi connectivity index (χ2v) is 14.6. The first-order valence-electron chi connectivity index (χ1n) is 18.1. The first-order valence-corrected chi connectivity index (χ1v) is 18.9. The van der Waals surface area contributed by atoms with Crippen molar-refractivity contribution < 1.29 is 0 Å². The molecule has 2 aromatic heterocycles. The lowest BCUT2D eigenvalue weighted by Crippen LogP contribution is -2.26. The van der Waals surface area contributed by atoms with E-state index >= 15 is 0 Å². The molecule has 3 nitrogen and oxygen atoms in total. The Labute approximate surface area is 319 Å². The fraction of sp³-hybridized carbons (Fsp3) is 0.0200. The van der Waals surface area contributed by atoms with E-state index in [0.717, 1.165) is 16.7 Å². The van der Waals surface area contributed by atoms with Crippen molar-refractivity contribution in [1.29, 1.82) is 0 Å². The minimum absolute atomic E-state index is 0.553. The smallest absolute Gasteiger partial charge is 0.164 e. The summed E-state index contributed by atoms with van der Waals surface area (Å²) >= 11 is 1.90. The number of allylic oxidation sites excluding steroid dienone is 4. The van der Waals surface area contributed by atoms with Crippen LogP contribution in [0.15, 0.2) is 189 Å². The third-order valence-corrected chi connectivity index (χ3v) is 12.0. The van der Waals surface area contributed by atoms with Crippen molar-refractivity contribution in [2.24, 2.45) is 0 Å². The lowest BCUT2D eigenvalue weighted by molar-refractivity contribution is 0.798. The molecule has 254 valence electrons. The van der Waals surface area contributed by atoms with Crippen LogP contribution in [0, 0.1) is 0 Å². The highest BCUT2D eigenvalue weighted by atomic mass is 32.1. The van der Waals surface area contributed by atoms with Gasteiger partial charge in [0.05, 0.1) is 5.41 Å². The van der Waals surface area contributed by atoms with Crippen LogP contribution in [-0.4, -0.2) is 15.0 Å². The van der Waals surface area contributed by atoms with Gasteiger partial charge >= 0.3 is 0 Å². The largest absolute Gasteiger partial charge is 0.208 e. The first-order chi connectivity index (χ1) is 26.7. The quantitative estimate of drug-likeness (QED) is 0.155. The average Bonchev–Trinajstić information content (AvgIpc) is 3.88. The Morgan fingerprint density at radius 1 is 0.500 bits per heavy atom. The van der Waals surface area contributed by atoms with Crippen LogP contribution in [0.3, 0.4) is 0 Å². The zero-order valence-electron chi connectivity index (χ0n) is 29.4. The van der Waals surface area contributed by atoms with Crippen molar-refractivity contribution in [3.8, 4) is 65.9 Å². The van der Waals surface area contributed by atoms with E-state index in [1.807, 2.05) is 47.7 Å². The molecule has 2 aliphatic carbocycles. The van der Waals surface area contributed by atoms with Gasteiger partial charge in [0, 0.05) is 32.0 Å². The number of nitrogens with zero attached hydrogens (tertiary/aromatic N) is 3. The minimum atomic E-state index is -0.574. The Bertz CT molecular complexity index is 2750. The molecule has 2 heterocycles. The van der Waals surface area contributed by atoms with E-state index in [-0.39, 0.29) is 0 Å². The van der Waals surface area contributed by atoms with E-state index in [1.54, 1.807) is 12.2 Å². The van der Waals surface area contributed by atoms with Crippen LogP contribution < -0.4 is 0 Å². The van der Waals surface area contributed by atoms with Crippen LogP contribution in [0.5, 0.6) is 0 Å². The summed E-state index contributed by atoms with van der Waals surface area (Å²) in [7, 11) is 0. The zero-order chi connectivity index (χ0) is 36.2. The fourth-order valence-electron chi connectivity index (χ4n) is 8.48. The van der Waals surface area contributed by atoms with Gasteiger partial charge in [0.1, 0.15) is 0 Å². The molecule has 2 aliphatic rings. The summed E-state index contributed by atoms with van der Waals surface area (Å²) in [5.74, 6) is 1.77. The molecule has 0 radical (unpaired) electrons. The van der Waals surface area contributed by atoms with Gasteiger partial charge in [0.15, 0.2) is 17.5 Å². The molecule has 0 aliphatic heterocycles. The molecule has 0 saturated heterocycles. The third-order valence-electron chi connectivity index (χ3n) is 10.7. The van der Waals surface area contributed by atoms with Gasteiger partial charge in [-0.25, -0.2) is 15.0 Å². The predicted octanol–water partition coefficient (Wildman–Crippen LogP) is 12.7. The Balaban J connectivity index is 1.32. The number of fused-ring (bicyclic) bond motifs is 10. The maximum absolute atomic E-state index is 5.14. The number of thiophene rings is 1. The van der Waals surface area contributed by atoms with Crippen LogP contribution in [0.25, 0.3) is 71.5 Å². The maximum atomic E-state index is 5.14. The monoisotopic (exact) mass is 707 g/mol. The summed E-state index contributed by atoms with van der Waals surface area (Å²) in [6.07, 6.45) is 5.40. The Hall–Kier alpha value is -6.75. The standard InChI is InChI=1S/C50H33N3S/c1-3-18-32(4-2)47-51-48(35-23-12-7-13-24-35)53-49(52-47)36-29-30-39-42(31-36)50(40-27-16-14-25-37(40)38-26-15-17-28-41(38)50)44-43(39)45(33-19-8-5-9-20-33)54-46(44)34-21-10-6-11-22-34/h3-31H,1-2H2/b32-18+. The maximum Gasteiger partial charge on any atom is 0.164 e. The van der Waals surface area contributed by atoms with Gasteiger partial charge in [-0.15, -0.1) is 11.3 Å². The summed E-state index contributed by atoms with van der Waals surface area (Å²) in [4.78, 5) is 17.7. The summed E-state index contributed by atoms with van der Waals surface area (Å²) in [6.45, 7) is 8.00. The summed E-state index contributed by atoms with van der Waals surface area (Å²) in [5, 5.41) is 0. The molecular formula is C50H33N3S. The van der Waals surface area contributed by atoms with Gasteiger partial charge < -0.3 is 0 Å². The van der Waals surface area contributed by atoms with Crippen LogP contribution in [0.1, 0.15) is 28.1 Å². The van der Waals surface area contributed by atoms with Crippen LogP contribution in [-0.2, 0) is 5.41 Å². The molecule has 10 rings (SSSR count). The molecule has 0 amide bonds. The van der Waals surface area contributed by atoms with Gasteiger partial charge in [0.2, 0.25) is 0 Å². The Kier molecular flexibility index (Phi) is 7.53. The number of benzene rings is 6. The van der Waals surface area contributed by atoms with Gasteiger partial charge in [-0.2, -0.15) is 0 Å². The summed E-state index contributed by atoms with van der Waals surface area (Å²) in [6, 6.07) is 56.6. The molecule has 8 aromatic rings. The van der Waals surface area contributed by atoms with Gasteiger partial charge in [-0.1, -0.05) is 183 Å². The predicted molar refractivity (Wildman–Crippen MR) is 224 cm³/mol. The van der Waals surface area contributed by atoms with Crippen LogP contribution in [0.2, 0.25) is 0 Å². The molecule has 0 bridgehead atoms. The second-order valence-electron chi connectivity index (χ2n) is 13.6. The van der Waals surface area contributed by atoms with E-state index in [2.05, 4.69) is 141 Å². The molecule has 0 N–H and O–H groups in total. The number of hydrogen-bond donors (Lipinski definition) is 0. The lowest BCUT2D eigenvalue weighted by Gasteiger charge is -2.31. The lowest BCUT2D eigenvalue weighted by atomic mass is 9.70. The van der Waals surface area contributed by atoms with Gasteiger partial charge in [0.25, 0.3) is 0 Å². The Morgan fingerprint density at radius 2 is 1.04 bits per heavy atom. The summed E-state index contributed by atoms with van der Waals surface area (Å²) < 4.78 is 0. The van der Waals surface area contributed by atoms with E-state index in [4.69, 9.17) is 15.0 Å². The third kappa shape index (κ3) is 4.70. The van der Waals surface area contributed by atoms with Crippen molar-refractivity contribution in [2.75, 3.05) is 0 Å². The van der Waals surface area contributed by atoms with Crippen molar-refractivity contribution in [1.82, 2.24) is 15.0 Å². The molecule has 6 aromatic carbocycles. The molecule has 1 spiro atoms. The second kappa shape index (κ2) is 12.7. The fourth-order valence-corrected chi connectivity index (χ4v) is 9.87. The molecule has 0 fully saturated rings. The number of rotatable bonds is 7. The van der Waals surface area contributed by atoms with Gasteiger partial charge in [-0.05, 0) is 56.1 Å². The molecule has 4 heteroatoms. The Morgan fingerprint density at radius 3 is 1.63 bits per heavy atom. The minimum Gasteiger partial charge on any atom is -0.208 e. The topological polar surface area (TPSA) is 38.7 Å². The summed E-state index contributed by atoms with van der Waals surface area (Å²) in [5.41, 5.74) is 14.7.